The number of hydrogen-bond donors (Lipinski definition) is 1. The Morgan fingerprint density at radius 2 is 1.72 bits per heavy atom. The predicted octanol–water partition coefficient (Wildman–Crippen LogP) is 1.95. The first-order chi connectivity index (χ1) is 8.38. The van der Waals surface area contributed by atoms with Gasteiger partial charge in [0, 0.05) is 19.0 Å². The number of aliphatic hydroxyl groups excluding tert-OH is 1. The van der Waals surface area contributed by atoms with Crippen molar-refractivity contribution in [1.82, 2.24) is 4.90 Å². The Kier molecular flexibility index (Phi) is 3.84. The average Bonchev–Trinajstić information content (AvgIpc) is 2.74. The molecule has 1 N–H and O–H groups in total. The van der Waals surface area contributed by atoms with E-state index in [0.717, 1.165) is 0 Å². The summed E-state index contributed by atoms with van der Waals surface area (Å²) in [6.07, 6.45) is -3.29. The van der Waals surface area contributed by atoms with Crippen LogP contribution in [0.1, 0.15) is 32.1 Å². The molecule has 0 radical (unpaired) electrons. The Labute approximate surface area is 104 Å². The van der Waals surface area contributed by atoms with E-state index in [9.17, 15) is 23.1 Å². The third-order valence-corrected chi connectivity index (χ3v) is 4.01. The number of nitrogens with zero attached hydrogens (tertiary/aromatic N) is 1. The summed E-state index contributed by atoms with van der Waals surface area (Å²) in [5.41, 5.74) is 0. The van der Waals surface area contributed by atoms with Gasteiger partial charge in [-0.2, -0.15) is 13.2 Å². The van der Waals surface area contributed by atoms with E-state index in [4.69, 9.17) is 0 Å². The molecule has 0 spiro atoms. The molecule has 104 valence electrons. The molecule has 1 saturated heterocycles. The normalized spacial score (nSPS) is 33.8. The maximum atomic E-state index is 12.5. The molecule has 18 heavy (non-hydrogen) atoms. The summed E-state index contributed by atoms with van der Waals surface area (Å²) < 4.78 is 37.5. The number of likely N-dealkylation sites (tertiary alicyclic amines) is 1. The molecule has 0 aromatic heterocycles. The van der Waals surface area contributed by atoms with Gasteiger partial charge in [-0.1, -0.05) is 0 Å². The van der Waals surface area contributed by atoms with Crippen molar-refractivity contribution in [3.63, 3.8) is 0 Å². The van der Waals surface area contributed by atoms with E-state index >= 15 is 0 Å². The Hall–Kier alpha value is -0.780. The minimum atomic E-state index is -4.13. The molecule has 1 heterocycles. The lowest BCUT2D eigenvalue weighted by Crippen LogP contribution is -2.38. The molecule has 1 atom stereocenters. The average molecular weight is 265 g/mol. The fourth-order valence-electron chi connectivity index (χ4n) is 2.87. The molecule has 1 unspecified atom stereocenters. The number of β-amino-alcohol motifs (C(OH)–C–C–N with tert-alkyl or cyclic N) is 1. The van der Waals surface area contributed by atoms with Gasteiger partial charge >= 0.3 is 6.18 Å². The van der Waals surface area contributed by atoms with Crippen LogP contribution in [0.5, 0.6) is 0 Å². The number of carbonyl (C=O) groups is 1. The van der Waals surface area contributed by atoms with Gasteiger partial charge in [0.15, 0.2) is 0 Å². The van der Waals surface area contributed by atoms with Crippen LogP contribution in [-0.2, 0) is 4.79 Å². The van der Waals surface area contributed by atoms with Crippen LogP contribution in [0.15, 0.2) is 0 Å². The van der Waals surface area contributed by atoms with Gasteiger partial charge in [0.1, 0.15) is 0 Å². The van der Waals surface area contributed by atoms with Crippen molar-refractivity contribution >= 4 is 5.91 Å². The number of amides is 1. The summed E-state index contributed by atoms with van der Waals surface area (Å²) >= 11 is 0. The van der Waals surface area contributed by atoms with Crippen molar-refractivity contribution in [3.05, 3.63) is 0 Å². The zero-order chi connectivity index (χ0) is 13.3. The third-order valence-electron chi connectivity index (χ3n) is 4.01. The lowest BCUT2D eigenvalue weighted by atomic mass is 9.81. The van der Waals surface area contributed by atoms with Gasteiger partial charge in [0.25, 0.3) is 0 Å². The fourth-order valence-corrected chi connectivity index (χ4v) is 2.87. The Bertz CT molecular complexity index is 311. The van der Waals surface area contributed by atoms with E-state index < -0.39 is 18.2 Å². The van der Waals surface area contributed by atoms with Gasteiger partial charge in [0.05, 0.1) is 12.0 Å². The van der Waals surface area contributed by atoms with E-state index in [0.29, 0.717) is 32.4 Å². The van der Waals surface area contributed by atoms with Crippen molar-refractivity contribution in [3.8, 4) is 0 Å². The topological polar surface area (TPSA) is 40.5 Å². The second-order valence-corrected chi connectivity index (χ2v) is 5.32. The highest BCUT2D eigenvalue weighted by atomic mass is 19.4. The van der Waals surface area contributed by atoms with Gasteiger partial charge < -0.3 is 10.0 Å². The molecule has 0 aromatic rings. The van der Waals surface area contributed by atoms with Gasteiger partial charge in [-0.15, -0.1) is 0 Å². The summed E-state index contributed by atoms with van der Waals surface area (Å²) in [5, 5.41) is 9.35. The second kappa shape index (κ2) is 5.07. The van der Waals surface area contributed by atoms with Crippen molar-refractivity contribution in [2.24, 2.45) is 11.8 Å². The van der Waals surface area contributed by atoms with Gasteiger partial charge in [-0.3, -0.25) is 4.79 Å². The molecule has 0 aromatic carbocycles. The zero-order valence-corrected chi connectivity index (χ0v) is 10.1. The summed E-state index contributed by atoms with van der Waals surface area (Å²) in [6.45, 7) is 0.858. The third kappa shape index (κ3) is 2.96. The van der Waals surface area contributed by atoms with E-state index in [1.807, 2.05) is 0 Å². The van der Waals surface area contributed by atoms with Crippen LogP contribution < -0.4 is 0 Å². The minimum Gasteiger partial charge on any atom is -0.391 e. The SMILES string of the molecule is O=C(C1CCC(C(F)(F)F)CC1)N1CCC(O)C1. The highest BCUT2D eigenvalue weighted by Gasteiger charge is 2.43. The van der Waals surface area contributed by atoms with Gasteiger partial charge in [-0.25, -0.2) is 0 Å². The first-order valence-electron chi connectivity index (χ1n) is 6.41. The highest BCUT2D eigenvalue weighted by Crippen LogP contribution is 2.40. The van der Waals surface area contributed by atoms with Crippen LogP contribution in [0.4, 0.5) is 13.2 Å². The quantitative estimate of drug-likeness (QED) is 0.787. The number of hydrogen-bond acceptors (Lipinski definition) is 2. The van der Waals surface area contributed by atoms with Crippen molar-refractivity contribution in [2.75, 3.05) is 13.1 Å². The Morgan fingerprint density at radius 3 is 2.17 bits per heavy atom. The number of halogens is 3. The summed E-state index contributed by atoms with van der Waals surface area (Å²) in [7, 11) is 0. The molecule has 1 saturated carbocycles. The molecule has 2 aliphatic rings. The fraction of sp³-hybridized carbons (Fsp3) is 0.917. The van der Waals surface area contributed by atoms with Crippen LogP contribution in [0.25, 0.3) is 0 Å². The summed E-state index contributed by atoms with van der Waals surface area (Å²) in [4.78, 5) is 13.6. The summed E-state index contributed by atoms with van der Waals surface area (Å²) in [6, 6.07) is 0. The molecule has 1 aliphatic carbocycles. The van der Waals surface area contributed by atoms with Gasteiger partial charge in [0.2, 0.25) is 5.91 Å². The smallest absolute Gasteiger partial charge is 0.391 e. The lowest BCUT2D eigenvalue weighted by molar-refractivity contribution is -0.185. The first-order valence-corrected chi connectivity index (χ1v) is 6.41. The number of carbonyl (C=O) groups excluding carboxylic acids is 1. The van der Waals surface area contributed by atoms with Crippen molar-refractivity contribution in [2.45, 2.75) is 44.4 Å². The highest BCUT2D eigenvalue weighted by molar-refractivity contribution is 5.79. The largest absolute Gasteiger partial charge is 0.391 e. The van der Waals surface area contributed by atoms with E-state index in [2.05, 4.69) is 0 Å². The monoisotopic (exact) mass is 265 g/mol. The van der Waals surface area contributed by atoms with E-state index in [1.54, 1.807) is 4.90 Å². The summed E-state index contributed by atoms with van der Waals surface area (Å²) in [5.74, 6) is -1.60. The van der Waals surface area contributed by atoms with Crippen molar-refractivity contribution < 1.29 is 23.1 Å². The molecule has 6 heteroatoms. The maximum Gasteiger partial charge on any atom is 0.391 e. The van der Waals surface area contributed by atoms with Gasteiger partial charge in [-0.05, 0) is 32.1 Å². The van der Waals surface area contributed by atoms with Crippen LogP contribution in [0.2, 0.25) is 0 Å². The Balaban J connectivity index is 1.84. The lowest BCUT2D eigenvalue weighted by Gasteiger charge is -2.31. The van der Waals surface area contributed by atoms with Crippen LogP contribution in [0, 0.1) is 11.8 Å². The van der Waals surface area contributed by atoms with Crippen molar-refractivity contribution in [1.29, 1.82) is 0 Å². The molecule has 3 nitrogen and oxygen atoms in total. The minimum absolute atomic E-state index is 0.0519. The van der Waals surface area contributed by atoms with Crippen LogP contribution in [-0.4, -0.2) is 41.3 Å². The number of rotatable bonds is 1. The number of alkyl halides is 3. The molecule has 2 rings (SSSR count). The molecule has 1 amide bonds. The zero-order valence-electron chi connectivity index (χ0n) is 10.1. The Morgan fingerprint density at radius 1 is 1.11 bits per heavy atom. The second-order valence-electron chi connectivity index (χ2n) is 5.32. The van der Waals surface area contributed by atoms with E-state index in [1.165, 1.54) is 0 Å². The standard InChI is InChI=1S/C12H18F3NO2/c13-12(14,15)9-3-1-8(2-4-9)11(18)16-6-5-10(17)7-16/h8-10,17H,1-7H2. The molecular weight excluding hydrogens is 247 g/mol. The first kappa shape index (κ1) is 13.6. The molecule has 0 bridgehead atoms. The van der Waals surface area contributed by atoms with E-state index in [-0.39, 0.29) is 24.7 Å². The molecular formula is C12H18F3NO2. The maximum absolute atomic E-state index is 12.5. The number of aliphatic hydroxyl groups is 1. The predicted molar refractivity (Wildman–Crippen MR) is 58.7 cm³/mol. The van der Waals surface area contributed by atoms with Crippen LogP contribution >= 0.6 is 0 Å². The molecule has 1 aliphatic heterocycles. The van der Waals surface area contributed by atoms with Crippen LogP contribution in [0.3, 0.4) is 0 Å². The molecule has 2 fully saturated rings.